The van der Waals surface area contributed by atoms with E-state index in [4.69, 9.17) is 22.2 Å². The first-order valence-electron chi connectivity index (χ1n) is 5.72. The van der Waals surface area contributed by atoms with E-state index in [1.807, 2.05) is 0 Å². The number of carbonyl (C=O) groups is 1. The van der Waals surface area contributed by atoms with Gasteiger partial charge in [-0.3, -0.25) is 4.79 Å². The Morgan fingerprint density at radius 2 is 2.28 bits per heavy atom. The van der Waals surface area contributed by atoms with Crippen molar-refractivity contribution >= 4 is 23.3 Å². The molecule has 0 spiro atoms. The Kier molecular flexibility index (Phi) is 4.35. The van der Waals surface area contributed by atoms with Crippen LogP contribution in [0.15, 0.2) is 12.1 Å². The van der Waals surface area contributed by atoms with Gasteiger partial charge in [-0.1, -0.05) is 11.6 Å². The van der Waals surface area contributed by atoms with Gasteiger partial charge in [0.25, 0.3) is 5.91 Å². The molecule has 7 heteroatoms. The number of nitrogens with two attached hydrogens (primary N) is 1. The fourth-order valence-corrected chi connectivity index (χ4v) is 2.03. The van der Waals surface area contributed by atoms with E-state index < -0.39 is 0 Å². The lowest BCUT2D eigenvalue weighted by molar-refractivity contribution is 0.0741. The van der Waals surface area contributed by atoms with E-state index in [2.05, 4.69) is 10.4 Å². The van der Waals surface area contributed by atoms with Crippen molar-refractivity contribution in [2.75, 3.05) is 31.7 Å². The zero-order valence-corrected chi connectivity index (χ0v) is 10.6. The minimum absolute atomic E-state index is 0.0821. The molecular weight excluding hydrogens is 256 g/mol. The van der Waals surface area contributed by atoms with E-state index in [1.54, 1.807) is 11.0 Å². The highest BCUT2D eigenvalue weighted by atomic mass is 35.5. The van der Waals surface area contributed by atoms with Gasteiger partial charge in [0, 0.05) is 25.3 Å². The Morgan fingerprint density at radius 3 is 3.06 bits per heavy atom. The van der Waals surface area contributed by atoms with E-state index in [0.717, 1.165) is 6.42 Å². The lowest BCUT2D eigenvalue weighted by atomic mass is 10.2. The first-order valence-corrected chi connectivity index (χ1v) is 6.10. The van der Waals surface area contributed by atoms with Crippen molar-refractivity contribution in [2.24, 2.45) is 5.84 Å². The summed E-state index contributed by atoms with van der Waals surface area (Å²) in [6, 6.07) is 3.12. The SMILES string of the molecule is NNc1cc(C(=O)N2CCCOCC2)cc(Cl)n1. The number of rotatable bonds is 2. The van der Waals surface area contributed by atoms with Crippen LogP contribution in [0.1, 0.15) is 16.8 Å². The van der Waals surface area contributed by atoms with Crippen LogP contribution in [0.2, 0.25) is 5.15 Å². The van der Waals surface area contributed by atoms with E-state index in [-0.39, 0.29) is 11.1 Å². The second-order valence-corrected chi connectivity index (χ2v) is 4.35. The number of aromatic nitrogens is 1. The molecule has 98 valence electrons. The van der Waals surface area contributed by atoms with Crippen molar-refractivity contribution in [2.45, 2.75) is 6.42 Å². The maximum Gasteiger partial charge on any atom is 0.254 e. The molecule has 1 aliphatic rings. The fourth-order valence-electron chi connectivity index (χ4n) is 1.83. The smallest absolute Gasteiger partial charge is 0.254 e. The molecule has 18 heavy (non-hydrogen) atoms. The van der Waals surface area contributed by atoms with E-state index in [1.165, 1.54) is 6.07 Å². The number of carbonyl (C=O) groups excluding carboxylic acids is 1. The lowest BCUT2D eigenvalue weighted by Crippen LogP contribution is -2.33. The van der Waals surface area contributed by atoms with Gasteiger partial charge in [0.1, 0.15) is 11.0 Å². The van der Waals surface area contributed by atoms with Crippen LogP contribution < -0.4 is 11.3 Å². The van der Waals surface area contributed by atoms with Crippen LogP contribution in [-0.2, 0) is 4.74 Å². The zero-order valence-electron chi connectivity index (χ0n) is 9.86. The van der Waals surface area contributed by atoms with Crippen LogP contribution in [0.25, 0.3) is 0 Å². The van der Waals surface area contributed by atoms with Gasteiger partial charge in [-0.05, 0) is 18.6 Å². The van der Waals surface area contributed by atoms with Crippen molar-refractivity contribution in [3.63, 3.8) is 0 Å². The normalized spacial score (nSPS) is 16.2. The first kappa shape index (κ1) is 13.1. The fraction of sp³-hybridized carbons (Fsp3) is 0.455. The van der Waals surface area contributed by atoms with E-state index in [0.29, 0.717) is 37.7 Å². The topological polar surface area (TPSA) is 80.5 Å². The summed E-state index contributed by atoms with van der Waals surface area (Å²) in [7, 11) is 0. The molecule has 1 saturated heterocycles. The van der Waals surface area contributed by atoms with Crippen molar-refractivity contribution in [1.82, 2.24) is 9.88 Å². The second-order valence-electron chi connectivity index (χ2n) is 3.97. The van der Waals surface area contributed by atoms with Crippen molar-refractivity contribution in [3.8, 4) is 0 Å². The quantitative estimate of drug-likeness (QED) is 0.474. The molecule has 1 aromatic heterocycles. The standard InChI is InChI=1S/C11H15ClN4O2/c12-9-6-8(7-10(14-9)15-13)11(17)16-2-1-4-18-5-3-16/h6-7H,1-5,13H2,(H,14,15). The summed E-state index contributed by atoms with van der Waals surface area (Å²) in [6.07, 6.45) is 0.840. The average molecular weight is 271 g/mol. The van der Waals surface area contributed by atoms with Gasteiger partial charge in [-0.15, -0.1) is 0 Å². The Morgan fingerprint density at radius 1 is 1.44 bits per heavy atom. The molecule has 1 aromatic rings. The van der Waals surface area contributed by atoms with Gasteiger partial charge in [0.15, 0.2) is 0 Å². The average Bonchev–Trinajstić information content (AvgIpc) is 2.65. The molecule has 0 atom stereocenters. The third-order valence-electron chi connectivity index (χ3n) is 2.70. The van der Waals surface area contributed by atoms with Gasteiger partial charge in [0.2, 0.25) is 0 Å². The highest BCUT2D eigenvalue weighted by molar-refractivity contribution is 6.29. The molecule has 0 saturated carbocycles. The predicted molar refractivity (Wildman–Crippen MR) is 68.4 cm³/mol. The monoisotopic (exact) mass is 270 g/mol. The third-order valence-corrected chi connectivity index (χ3v) is 2.89. The summed E-state index contributed by atoms with van der Waals surface area (Å²) < 4.78 is 5.31. The molecule has 3 N–H and O–H groups in total. The summed E-state index contributed by atoms with van der Waals surface area (Å²) in [5.74, 6) is 5.57. The summed E-state index contributed by atoms with van der Waals surface area (Å²) >= 11 is 5.84. The molecule has 0 unspecified atom stereocenters. The number of hydrazine groups is 1. The minimum atomic E-state index is -0.0821. The first-order chi connectivity index (χ1) is 8.70. The number of nitrogens with zero attached hydrogens (tertiary/aromatic N) is 2. The van der Waals surface area contributed by atoms with Gasteiger partial charge < -0.3 is 15.1 Å². The van der Waals surface area contributed by atoms with Crippen molar-refractivity contribution < 1.29 is 9.53 Å². The number of anilines is 1. The second kappa shape index (κ2) is 5.99. The number of hydrogen-bond acceptors (Lipinski definition) is 5. The zero-order chi connectivity index (χ0) is 13.0. The summed E-state index contributed by atoms with van der Waals surface area (Å²) in [6.45, 7) is 2.53. The van der Waals surface area contributed by atoms with Crippen molar-refractivity contribution in [3.05, 3.63) is 22.8 Å². The highest BCUT2D eigenvalue weighted by Crippen LogP contribution is 2.16. The van der Waals surface area contributed by atoms with Gasteiger partial charge in [-0.25, -0.2) is 10.8 Å². The molecule has 6 nitrogen and oxygen atoms in total. The molecule has 2 heterocycles. The molecule has 0 bridgehead atoms. The van der Waals surface area contributed by atoms with Crippen molar-refractivity contribution in [1.29, 1.82) is 0 Å². The van der Waals surface area contributed by atoms with E-state index in [9.17, 15) is 4.79 Å². The van der Waals surface area contributed by atoms with Gasteiger partial charge in [0.05, 0.1) is 6.61 Å². The molecule has 1 amide bonds. The summed E-state index contributed by atoms with van der Waals surface area (Å²) in [5.41, 5.74) is 2.86. The number of hydrogen-bond donors (Lipinski definition) is 2. The summed E-state index contributed by atoms with van der Waals surface area (Å²) in [5, 5.41) is 0.236. The largest absolute Gasteiger partial charge is 0.380 e. The number of nitrogens with one attached hydrogen (secondary N) is 1. The maximum atomic E-state index is 12.3. The van der Waals surface area contributed by atoms with Crippen LogP contribution in [0.3, 0.4) is 0 Å². The van der Waals surface area contributed by atoms with E-state index >= 15 is 0 Å². The van der Waals surface area contributed by atoms with Crippen LogP contribution in [0, 0.1) is 0 Å². The number of ether oxygens (including phenoxy) is 1. The predicted octanol–water partition coefficient (Wildman–Crippen LogP) is 0.883. The third kappa shape index (κ3) is 3.10. The Bertz CT molecular complexity index is 433. The molecule has 0 radical (unpaired) electrons. The molecule has 1 fully saturated rings. The minimum Gasteiger partial charge on any atom is -0.380 e. The van der Waals surface area contributed by atoms with Gasteiger partial charge in [-0.2, -0.15) is 0 Å². The lowest BCUT2D eigenvalue weighted by Gasteiger charge is -2.19. The number of pyridine rings is 1. The Hall–Kier alpha value is -1.37. The maximum absolute atomic E-state index is 12.3. The van der Waals surface area contributed by atoms with Crippen LogP contribution in [0.4, 0.5) is 5.82 Å². The molecule has 0 aliphatic carbocycles. The number of halogens is 1. The Labute approximate surface area is 110 Å². The van der Waals surface area contributed by atoms with Gasteiger partial charge >= 0.3 is 0 Å². The molecular formula is C11H15ClN4O2. The Balaban J connectivity index is 2.18. The molecule has 1 aliphatic heterocycles. The number of amides is 1. The van der Waals surface area contributed by atoms with Crippen LogP contribution in [0.5, 0.6) is 0 Å². The number of nitrogen functional groups attached to an aromatic ring is 1. The van der Waals surface area contributed by atoms with Crippen LogP contribution >= 0.6 is 11.6 Å². The van der Waals surface area contributed by atoms with Crippen LogP contribution in [-0.4, -0.2) is 42.1 Å². The molecule has 2 rings (SSSR count). The molecule has 0 aromatic carbocycles. The highest BCUT2D eigenvalue weighted by Gasteiger charge is 2.18. The summed E-state index contributed by atoms with van der Waals surface area (Å²) in [4.78, 5) is 18.0.